The highest BCUT2D eigenvalue weighted by Crippen LogP contribution is 2.21. The smallest absolute Gasteiger partial charge is 0.277 e. The summed E-state index contributed by atoms with van der Waals surface area (Å²) in [5.41, 5.74) is 6.07. The van der Waals surface area contributed by atoms with Gasteiger partial charge in [0.15, 0.2) is 6.61 Å². The molecule has 4 nitrogen and oxygen atoms in total. The normalized spacial score (nSPS) is 11.5. The van der Waals surface area contributed by atoms with E-state index in [0.29, 0.717) is 5.75 Å². The molecule has 4 heteroatoms. The molecule has 0 aromatic heterocycles. The van der Waals surface area contributed by atoms with E-state index in [4.69, 9.17) is 4.74 Å². The van der Waals surface area contributed by atoms with E-state index in [9.17, 15) is 4.79 Å². The maximum Gasteiger partial charge on any atom is 0.277 e. The fourth-order valence-corrected chi connectivity index (χ4v) is 2.47. The highest BCUT2D eigenvalue weighted by atomic mass is 16.5. The molecule has 2 rings (SSSR count). The molecule has 0 atom stereocenters. The second kappa shape index (κ2) is 9.18. The summed E-state index contributed by atoms with van der Waals surface area (Å²) >= 11 is 0. The summed E-state index contributed by atoms with van der Waals surface area (Å²) in [5.74, 6) is 0.395. The zero-order valence-corrected chi connectivity index (χ0v) is 16.1. The Balaban J connectivity index is 1.78. The van der Waals surface area contributed by atoms with Gasteiger partial charge in [-0.3, -0.25) is 4.79 Å². The number of nitrogens with one attached hydrogen (secondary N) is 1. The molecule has 138 valence electrons. The Bertz CT molecular complexity index is 726. The number of hydrazone groups is 1. The third-order valence-electron chi connectivity index (χ3n) is 4.01. The number of hydrogen-bond acceptors (Lipinski definition) is 3. The number of nitrogens with zero attached hydrogens (tertiary/aromatic N) is 1. The number of aryl methyl sites for hydroxylation is 1. The molecule has 26 heavy (non-hydrogen) atoms. The first-order chi connectivity index (χ1) is 12.4. The minimum atomic E-state index is -0.287. The third kappa shape index (κ3) is 6.36. The predicted octanol–water partition coefficient (Wildman–Crippen LogP) is 4.47. The molecule has 2 aromatic rings. The summed E-state index contributed by atoms with van der Waals surface area (Å²) in [4.78, 5) is 11.8. The lowest BCUT2D eigenvalue weighted by atomic mass is 9.87. The first-order valence-electron chi connectivity index (χ1n) is 9.02. The molecule has 1 N–H and O–H groups in total. The molecular formula is C22H28N2O2. The van der Waals surface area contributed by atoms with Crippen molar-refractivity contribution in [3.8, 4) is 5.75 Å². The van der Waals surface area contributed by atoms with Gasteiger partial charge in [-0.2, -0.15) is 5.10 Å². The van der Waals surface area contributed by atoms with Gasteiger partial charge in [0.2, 0.25) is 0 Å². The molecule has 0 radical (unpaired) electrons. The average Bonchev–Trinajstić information content (AvgIpc) is 2.61. The van der Waals surface area contributed by atoms with E-state index in [1.807, 2.05) is 36.4 Å². The number of rotatable bonds is 7. The number of benzene rings is 2. The van der Waals surface area contributed by atoms with Gasteiger partial charge in [-0.05, 0) is 40.7 Å². The quantitative estimate of drug-likeness (QED) is 0.590. The molecular weight excluding hydrogens is 324 g/mol. The van der Waals surface area contributed by atoms with Crippen molar-refractivity contribution in [3.63, 3.8) is 0 Å². The Kier molecular flexibility index (Phi) is 6.96. The lowest BCUT2D eigenvalue weighted by Crippen LogP contribution is -2.24. The van der Waals surface area contributed by atoms with E-state index in [1.54, 1.807) is 6.21 Å². The van der Waals surface area contributed by atoms with E-state index >= 15 is 0 Å². The van der Waals surface area contributed by atoms with Crippen LogP contribution in [-0.2, 0) is 16.6 Å². The molecule has 0 bridgehead atoms. The van der Waals surface area contributed by atoms with Gasteiger partial charge in [-0.1, -0.05) is 70.5 Å². The molecule has 0 aliphatic carbocycles. The van der Waals surface area contributed by atoms with Crippen molar-refractivity contribution in [3.05, 3.63) is 65.2 Å². The second-order valence-electron chi connectivity index (χ2n) is 7.35. The minimum Gasteiger partial charge on any atom is -0.484 e. The highest BCUT2D eigenvalue weighted by Gasteiger charge is 2.12. The second-order valence-corrected chi connectivity index (χ2v) is 7.35. The topological polar surface area (TPSA) is 50.7 Å². The summed E-state index contributed by atoms with van der Waals surface area (Å²) in [5, 5.41) is 3.98. The van der Waals surface area contributed by atoms with Gasteiger partial charge in [0.1, 0.15) is 5.75 Å². The minimum absolute atomic E-state index is 0.0621. The summed E-state index contributed by atoms with van der Waals surface area (Å²) in [6.07, 6.45) is 3.79. The maximum atomic E-state index is 11.8. The van der Waals surface area contributed by atoms with Crippen LogP contribution in [0.4, 0.5) is 0 Å². The predicted molar refractivity (Wildman–Crippen MR) is 107 cm³/mol. The van der Waals surface area contributed by atoms with Gasteiger partial charge in [-0.25, -0.2) is 5.43 Å². The lowest BCUT2D eigenvalue weighted by molar-refractivity contribution is -0.123. The molecule has 1 amide bonds. The van der Waals surface area contributed by atoms with Gasteiger partial charge in [0, 0.05) is 0 Å². The monoisotopic (exact) mass is 352 g/mol. The van der Waals surface area contributed by atoms with E-state index in [0.717, 1.165) is 18.4 Å². The van der Waals surface area contributed by atoms with Gasteiger partial charge >= 0.3 is 0 Å². The molecule has 2 aromatic carbocycles. The zero-order valence-electron chi connectivity index (χ0n) is 16.1. The number of amides is 1. The van der Waals surface area contributed by atoms with Crippen molar-refractivity contribution in [2.45, 2.75) is 46.0 Å². The van der Waals surface area contributed by atoms with Crippen molar-refractivity contribution in [2.75, 3.05) is 6.61 Å². The molecule has 0 saturated carbocycles. The lowest BCUT2D eigenvalue weighted by Gasteiger charge is -2.18. The first-order valence-corrected chi connectivity index (χ1v) is 9.02. The number of ether oxygens (including phenoxy) is 1. The van der Waals surface area contributed by atoms with Crippen molar-refractivity contribution in [1.82, 2.24) is 5.43 Å². The number of hydrogen-bond donors (Lipinski definition) is 1. The Hall–Kier alpha value is -2.62. The number of carbonyl (C=O) groups is 1. The standard InChI is InChI=1S/C22H28N2O2/c1-5-6-17-9-13-20(14-10-17)26-16-21(25)24-23-15-18-7-11-19(12-8-18)22(2,3)4/h7-15H,5-6,16H2,1-4H3,(H,24,25)/b23-15+. The maximum absolute atomic E-state index is 11.8. The van der Waals surface area contributed by atoms with Crippen LogP contribution in [0.25, 0.3) is 0 Å². The average molecular weight is 352 g/mol. The molecule has 0 fully saturated rings. The largest absolute Gasteiger partial charge is 0.484 e. The summed E-state index contributed by atoms with van der Waals surface area (Å²) in [6, 6.07) is 16.0. The Labute approximate surface area is 156 Å². The van der Waals surface area contributed by atoms with Crippen LogP contribution in [0.15, 0.2) is 53.6 Å². The van der Waals surface area contributed by atoms with E-state index in [-0.39, 0.29) is 17.9 Å². The fourth-order valence-electron chi connectivity index (χ4n) is 2.47. The van der Waals surface area contributed by atoms with Crippen LogP contribution in [-0.4, -0.2) is 18.7 Å². The Morgan fingerprint density at radius 3 is 2.31 bits per heavy atom. The van der Waals surface area contributed by atoms with Gasteiger partial charge in [-0.15, -0.1) is 0 Å². The van der Waals surface area contributed by atoms with Crippen LogP contribution >= 0.6 is 0 Å². The van der Waals surface area contributed by atoms with Crippen LogP contribution in [0.5, 0.6) is 5.75 Å². The van der Waals surface area contributed by atoms with E-state index in [1.165, 1.54) is 11.1 Å². The summed E-state index contributed by atoms with van der Waals surface area (Å²) < 4.78 is 5.47. The molecule has 0 heterocycles. The zero-order chi connectivity index (χ0) is 19.0. The number of carbonyl (C=O) groups excluding carboxylic acids is 1. The molecule has 0 spiro atoms. The molecule has 0 saturated heterocycles. The van der Waals surface area contributed by atoms with Crippen LogP contribution in [0.2, 0.25) is 0 Å². The summed E-state index contributed by atoms with van der Waals surface area (Å²) in [7, 11) is 0. The van der Waals surface area contributed by atoms with Crippen LogP contribution < -0.4 is 10.2 Å². The van der Waals surface area contributed by atoms with Crippen molar-refractivity contribution < 1.29 is 9.53 Å². The Morgan fingerprint density at radius 2 is 1.73 bits per heavy atom. The van der Waals surface area contributed by atoms with E-state index < -0.39 is 0 Å². The summed E-state index contributed by atoms with van der Waals surface area (Å²) in [6.45, 7) is 8.61. The third-order valence-corrected chi connectivity index (χ3v) is 4.01. The van der Waals surface area contributed by atoms with Crippen LogP contribution in [0, 0.1) is 0 Å². The highest BCUT2D eigenvalue weighted by molar-refractivity contribution is 5.82. The fraction of sp³-hybridized carbons (Fsp3) is 0.364. The SMILES string of the molecule is CCCc1ccc(OCC(=O)N/N=C/c2ccc(C(C)(C)C)cc2)cc1. The Morgan fingerprint density at radius 1 is 1.08 bits per heavy atom. The first kappa shape index (κ1) is 19.7. The molecule has 0 unspecified atom stereocenters. The van der Waals surface area contributed by atoms with E-state index in [2.05, 4.69) is 50.4 Å². The van der Waals surface area contributed by atoms with Crippen molar-refractivity contribution in [2.24, 2.45) is 5.10 Å². The molecule has 0 aliphatic heterocycles. The van der Waals surface area contributed by atoms with Gasteiger partial charge in [0.05, 0.1) is 6.21 Å². The van der Waals surface area contributed by atoms with Gasteiger partial charge in [0.25, 0.3) is 5.91 Å². The van der Waals surface area contributed by atoms with Crippen molar-refractivity contribution >= 4 is 12.1 Å². The van der Waals surface area contributed by atoms with Gasteiger partial charge < -0.3 is 4.74 Å². The van der Waals surface area contributed by atoms with Crippen LogP contribution in [0.1, 0.15) is 50.8 Å². The van der Waals surface area contributed by atoms with Crippen LogP contribution in [0.3, 0.4) is 0 Å². The van der Waals surface area contributed by atoms with Crippen molar-refractivity contribution in [1.29, 1.82) is 0 Å². The molecule has 0 aliphatic rings.